The van der Waals surface area contributed by atoms with Gasteiger partial charge in [0.15, 0.2) is 5.82 Å². The lowest BCUT2D eigenvalue weighted by atomic mass is 10.2. The molecule has 0 aliphatic heterocycles. The SMILES string of the molecule is Oc1ccccc1-c1n[nH]c(=S)n1/N=C/c1cc(Br)cc(Br)c1O. The molecule has 0 amide bonds. The van der Waals surface area contributed by atoms with Gasteiger partial charge >= 0.3 is 0 Å². The average Bonchev–Trinajstić information content (AvgIpc) is 2.90. The largest absolute Gasteiger partial charge is 0.507 e. The molecule has 24 heavy (non-hydrogen) atoms. The highest BCUT2D eigenvalue weighted by Gasteiger charge is 2.12. The van der Waals surface area contributed by atoms with Crippen molar-refractivity contribution in [3.05, 3.63) is 55.7 Å². The Morgan fingerprint density at radius 1 is 1.21 bits per heavy atom. The van der Waals surface area contributed by atoms with E-state index in [0.717, 1.165) is 4.47 Å². The molecule has 1 aromatic heterocycles. The zero-order valence-electron chi connectivity index (χ0n) is 11.9. The van der Waals surface area contributed by atoms with E-state index in [0.29, 0.717) is 21.4 Å². The maximum Gasteiger partial charge on any atom is 0.216 e. The van der Waals surface area contributed by atoms with Crippen LogP contribution in [-0.2, 0) is 0 Å². The van der Waals surface area contributed by atoms with E-state index in [4.69, 9.17) is 12.2 Å². The summed E-state index contributed by atoms with van der Waals surface area (Å²) in [5.74, 6) is 0.486. The number of aromatic hydroxyl groups is 2. The number of para-hydroxylation sites is 1. The van der Waals surface area contributed by atoms with E-state index in [-0.39, 0.29) is 16.3 Å². The molecule has 9 heteroatoms. The molecule has 0 atom stereocenters. The van der Waals surface area contributed by atoms with E-state index in [1.807, 2.05) is 0 Å². The van der Waals surface area contributed by atoms with Crippen molar-refractivity contribution in [3.8, 4) is 22.9 Å². The van der Waals surface area contributed by atoms with Crippen LogP contribution in [-0.4, -0.2) is 31.3 Å². The van der Waals surface area contributed by atoms with Gasteiger partial charge in [-0.15, -0.1) is 0 Å². The van der Waals surface area contributed by atoms with Gasteiger partial charge in [0.1, 0.15) is 11.5 Å². The van der Waals surface area contributed by atoms with Gasteiger partial charge in [0, 0.05) is 10.0 Å². The van der Waals surface area contributed by atoms with Crippen LogP contribution in [0.1, 0.15) is 5.56 Å². The van der Waals surface area contributed by atoms with Gasteiger partial charge in [-0.1, -0.05) is 28.1 Å². The van der Waals surface area contributed by atoms with Gasteiger partial charge in [-0.05, 0) is 52.4 Å². The lowest BCUT2D eigenvalue weighted by Crippen LogP contribution is -1.96. The molecule has 0 aliphatic carbocycles. The van der Waals surface area contributed by atoms with E-state index in [9.17, 15) is 10.2 Å². The first kappa shape index (κ1) is 16.9. The van der Waals surface area contributed by atoms with Gasteiger partial charge in [-0.2, -0.15) is 14.9 Å². The molecule has 3 aromatic rings. The van der Waals surface area contributed by atoms with E-state index < -0.39 is 0 Å². The molecule has 122 valence electrons. The zero-order valence-corrected chi connectivity index (χ0v) is 15.9. The summed E-state index contributed by atoms with van der Waals surface area (Å²) in [6.07, 6.45) is 1.46. The molecular formula is C15H10Br2N4O2S. The zero-order chi connectivity index (χ0) is 17.3. The first-order valence-electron chi connectivity index (χ1n) is 6.65. The first-order valence-corrected chi connectivity index (χ1v) is 8.65. The van der Waals surface area contributed by atoms with Crippen LogP contribution >= 0.6 is 44.1 Å². The molecule has 6 nitrogen and oxygen atoms in total. The molecular weight excluding hydrogens is 460 g/mol. The standard InChI is InChI=1S/C15H10Br2N4O2S/c16-9-5-8(13(23)11(17)6-9)7-18-21-14(19-20-15(21)24)10-3-1-2-4-12(10)22/h1-7,22-23H,(H,20,24)/b18-7+. The predicted molar refractivity (Wildman–Crippen MR) is 101 cm³/mol. The van der Waals surface area contributed by atoms with E-state index in [1.54, 1.807) is 36.4 Å². The van der Waals surface area contributed by atoms with Crippen molar-refractivity contribution in [2.75, 3.05) is 0 Å². The number of H-pyrrole nitrogens is 1. The number of nitrogens with one attached hydrogen (secondary N) is 1. The van der Waals surface area contributed by atoms with Gasteiger partial charge in [0.25, 0.3) is 0 Å². The van der Waals surface area contributed by atoms with Crippen LogP contribution in [0, 0.1) is 4.77 Å². The molecule has 0 spiro atoms. The second-order valence-corrected chi connectivity index (χ2v) is 6.91. The Labute approximate surface area is 158 Å². The number of aromatic amines is 1. The highest BCUT2D eigenvalue weighted by Crippen LogP contribution is 2.31. The number of phenolic OH excluding ortho intramolecular Hbond substituents is 2. The Kier molecular flexibility index (Phi) is 4.83. The number of halogens is 2. The van der Waals surface area contributed by atoms with Crippen LogP contribution in [0.15, 0.2) is 50.4 Å². The number of nitrogens with zero attached hydrogens (tertiary/aromatic N) is 3. The fourth-order valence-electron chi connectivity index (χ4n) is 2.04. The van der Waals surface area contributed by atoms with Gasteiger partial charge in [-0.3, -0.25) is 0 Å². The second kappa shape index (κ2) is 6.88. The van der Waals surface area contributed by atoms with Crippen molar-refractivity contribution < 1.29 is 10.2 Å². The summed E-state index contributed by atoms with van der Waals surface area (Å²) in [6, 6.07) is 10.2. The van der Waals surface area contributed by atoms with E-state index >= 15 is 0 Å². The van der Waals surface area contributed by atoms with Gasteiger partial charge in [0.2, 0.25) is 4.77 Å². The van der Waals surface area contributed by atoms with Gasteiger partial charge < -0.3 is 10.2 Å². The summed E-state index contributed by atoms with van der Waals surface area (Å²) in [5, 5.41) is 31.1. The molecule has 0 saturated carbocycles. The highest BCUT2D eigenvalue weighted by atomic mass is 79.9. The quantitative estimate of drug-likeness (QED) is 0.391. The van der Waals surface area contributed by atoms with Crippen molar-refractivity contribution in [2.24, 2.45) is 5.10 Å². The monoisotopic (exact) mass is 468 g/mol. The molecule has 0 fully saturated rings. The Balaban J connectivity index is 2.08. The van der Waals surface area contributed by atoms with Crippen LogP contribution in [0.3, 0.4) is 0 Å². The number of hydrogen-bond donors (Lipinski definition) is 3. The molecule has 3 rings (SSSR count). The lowest BCUT2D eigenvalue weighted by Gasteiger charge is -2.05. The summed E-state index contributed by atoms with van der Waals surface area (Å²) in [7, 11) is 0. The summed E-state index contributed by atoms with van der Waals surface area (Å²) >= 11 is 11.8. The number of benzene rings is 2. The Morgan fingerprint density at radius 2 is 1.96 bits per heavy atom. The normalized spacial score (nSPS) is 11.2. The Bertz CT molecular complexity index is 997. The summed E-state index contributed by atoms with van der Waals surface area (Å²) in [6.45, 7) is 0. The summed E-state index contributed by atoms with van der Waals surface area (Å²) in [5.41, 5.74) is 0.976. The van der Waals surface area contributed by atoms with Crippen molar-refractivity contribution in [1.29, 1.82) is 0 Å². The smallest absolute Gasteiger partial charge is 0.216 e. The number of aromatic nitrogens is 3. The molecule has 0 unspecified atom stereocenters. The van der Waals surface area contributed by atoms with Gasteiger partial charge in [-0.25, -0.2) is 5.10 Å². The van der Waals surface area contributed by atoms with Crippen molar-refractivity contribution in [1.82, 2.24) is 14.9 Å². The van der Waals surface area contributed by atoms with Crippen LogP contribution in [0.4, 0.5) is 0 Å². The molecule has 3 N–H and O–H groups in total. The summed E-state index contributed by atoms with van der Waals surface area (Å²) < 4.78 is 2.96. The van der Waals surface area contributed by atoms with E-state index in [1.165, 1.54) is 10.9 Å². The van der Waals surface area contributed by atoms with Crippen molar-refractivity contribution in [2.45, 2.75) is 0 Å². The molecule has 0 bridgehead atoms. The first-order chi connectivity index (χ1) is 11.5. The van der Waals surface area contributed by atoms with Crippen molar-refractivity contribution >= 4 is 50.3 Å². The van der Waals surface area contributed by atoms with E-state index in [2.05, 4.69) is 47.2 Å². The maximum atomic E-state index is 10.1. The highest BCUT2D eigenvalue weighted by molar-refractivity contribution is 9.11. The molecule has 0 saturated heterocycles. The van der Waals surface area contributed by atoms with Crippen LogP contribution in [0.2, 0.25) is 0 Å². The molecule has 1 heterocycles. The topological polar surface area (TPSA) is 86.4 Å². The number of rotatable bonds is 3. The minimum Gasteiger partial charge on any atom is -0.507 e. The molecule has 0 radical (unpaired) electrons. The third kappa shape index (κ3) is 3.28. The van der Waals surface area contributed by atoms with Crippen LogP contribution < -0.4 is 0 Å². The third-order valence-corrected chi connectivity index (χ3v) is 4.49. The number of hydrogen-bond acceptors (Lipinski definition) is 5. The molecule has 0 aliphatic rings. The summed E-state index contributed by atoms with van der Waals surface area (Å²) in [4.78, 5) is 0. The van der Waals surface area contributed by atoms with Crippen molar-refractivity contribution in [3.63, 3.8) is 0 Å². The lowest BCUT2D eigenvalue weighted by molar-refractivity contribution is 0.470. The average molecular weight is 470 g/mol. The fourth-order valence-corrected chi connectivity index (χ4v) is 3.48. The second-order valence-electron chi connectivity index (χ2n) is 4.75. The Morgan fingerprint density at radius 3 is 2.71 bits per heavy atom. The number of phenols is 2. The van der Waals surface area contributed by atoms with Gasteiger partial charge in [0.05, 0.1) is 16.3 Å². The minimum atomic E-state index is 0.0565. The predicted octanol–water partition coefficient (Wildman–Crippen LogP) is 4.43. The fraction of sp³-hybridized carbons (Fsp3) is 0. The van der Waals surface area contributed by atoms with Crippen LogP contribution in [0.25, 0.3) is 11.4 Å². The Hall–Kier alpha value is -1.97. The molecule has 2 aromatic carbocycles. The minimum absolute atomic E-state index is 0.0565. The maximum absolute atomic E-state index is 10.1. The van der Waals surface area contributed by atoms with Crippen LogP contribution in [0.5, 0.6) is 11.5 Å². The third-order valence-electron chi connectivity index (χ3n) is 3.17.